The maximum absolute atomic E-state index is 15.2. The number of rotatable bonds is 1. The first kappa shape index (κ1) is 26.5. The standard InChI is InChI=1S/C25H32F4N2O5/c1-24(2,3)36-23(33)30-19-5-4-10-31-20(19)13-34-16-8-6-14(7-9-16)17-11-15(26)12-18(27)21(17)35-25(28,29)22(31)32/h11-12,14,16,19-20H,4-10,13H2,1-3H3,(H,30,33)/t14-,16+,19-,20-/m0/s1. The average Bonchev–Trinajstić information content (AvgIpc) is 2.78. The van der Waals surface area contributed by atoms with E-state index < -0.39 is 59.1 Å². The fourth-order valence-corrected chi connectivity index (χ4v) is 5.25. The first-order valence-corrected chi connectivity index (χ1v) is 12.3. The first-order valence-electron chi connectivity index (χ1n) is 12.3. The number of hydrogen-bond acceptors (Lipinski definition) is 5. The van der Waals surface area contributed by atoms with Gasteiger partial charge in [-0.25, -0.2) is 13.6 Å². The number of ether oxygens (including phenoxy) is 3. The number of halogens is 4. The van der Waals surface area contributed by atoms with E-state index in [-0.39, 0.29) is 24.8 Å². The Morgan fingerprint density at radius 2 is 1.83 bits per heavy atom. The molecule has 4 aliphatic rings. The highest BCUT2D eigenvalue weighted by atomic mass is 19.3. The Labute approximate surface area is 207 Å². The largest absolute Gasteiger partial charge is 0.482 e. The molecular weight excluding hydrogens is 484 g/mol. The zero-order chi connectivity index (χ0) is 26.3. The summed E-state index contributed by atoms with van der Waals surface area (Å²) in [6.45, 7) is 4.99. The second kappa shape index (κ2) is 10.1. The number of benzene rings is 1. The van der Waals surface area contributed by atoms with Crippen LogP contribution in [0.4, 0.5) is 22.4 Å². The smallest absolute Gasteiger partial charge is 0.444 e. The van der Waals surface area contributed by atoms with Crippen LogP contribution in [0.2, 0.25) is 0 Å². The monoisotopic (exact) mass is 516 g/mol. The van der Waals surface area contributed by atoms with Crippen LogP contribution in [0.3, 0.4) is 0 Å². The van der Waals surface area contributed by atoms with E-state index in [9.17, 15) is 18.4 Å². The number of nitrogens with one attached hydrogen (secondary N) is 1. The van der Waals surface area contributed by atoms with Crippen LogP contribution in [-0.2, 0) is 14.3 Å². The molecule has 1 saturated carbocycles. The molecule has 0 unspecified atom stereocenters. The molecule has 0 spiro atoms. The van der Waals surface area contributed by atoms with Crippen molar-refractivity contribution in [3.05, 3.63) is 29.3 Å². The maximum atomic E-state index is 15.2. The second-order valence-electron chi connectivity index (χ2n) is 10.7. The van der Waals surface area contributed by atoms with Gasteiger partial charge in [0.1, 0.15) is 11.4 Å². The summed E-state index contributed by atoms with van der Waals surface area (Å²) < 4.78 is 75.3. The number of hydrogen-bond donors (Lipinski definition) is 1. The molecule has 36 heavy (non-hydrogen) atoms. The number of amides is 2. The number of carbonyl (C=O) groups excluding carboxylic acids is 2. The van der Waals surface area contributed by atoms with Crippen molar-refractivity contribution >= 4 is 12.0 Å². The summed E-state index contributed by atoms with van der Waals surface area (Å²) in [5.41, 5.74) is -0.788. The third kappa shape index (κ3) is 5.87. The third-order valence-electron chi connectivity index (χ3n) is 6.87. The lowest BCUT2D eigenvalue weighted by atomic mass is 9.82. The van der Waals surface area contributed by atoms with Crippen molar-refractivity contribution in [2.24, 2.45) is 0 Å². The van der Waals surface area contributed by atoms with Gasteiger partial charge in [0, 0.05) is 18.2 Å². The molecule has 0 radical (unpaired) electrons. The number of alkyl carbamates (subject to hydrolysis) is 1. The highest BCUT2D eigenvalue weighted by Gasteiger charge is 2.51. The molecule has 0 aromatic heterocycles. The Kier molecular flexibility index (Phi) is 7.41. The summed E-state index contributed by atoms with van der Waals surface area (Å²) >= 11 is 0. The number of nitrogens with zero attached hydrogens (tertiary/aromatic N) is 1. The third-order valence-corrected chi connectivity index (χ3v) is 6.87. The van der Waals surface area contributed by atoms with Gasteiger partial charge in [0.15, 0.2) is 11.6 Å². The Morgan fingerprint density at radius 1 is 1.14 bits per heavy atom. The molecule has 2 fully saturated rings. The molecular formula is C25H32F4N2O5. The SMILES string of the molecule is CC(C)(C)OC(=O)N[C@H]1CCCN2C(=O)C(F)(F)Oc3c(F)cc(F)cc3[C@H]3CC[C@H](CC3)OC[C@@H]12. The molecule has 5 rings (SSSR count). The fourth-order valence-electron chi connectivity index (χ4n) is 5.25. The minimum atomic E-state index is -4.43. The summed E-state index contributed by atoms with van der Waals surface area (Å²) in [5.74, 6) is -5.09. The Balaban J connectivity index is 1.67. The normalized spacial score (nSPS) is 28.5. The molecule has 3 aliphatic heterocycles. The van der Waals surface area contributed by atoms with Crippen LogP contribution in [-0.4, -0.2) is 59.9 Å². The van der Waals surface area contributed by atoms with E-state index >= 15 is 8.78 Å². The minimum absolute atomic E-state index is 0.0164. The molecule has 2 amide bonds. The van der Waals surface area contributed by atoms with Gasteiger partial charge >= 0.3 is 18.1 Å². The molecule has 1 aromatic carbocycles. The second-order valence-corrected chi connectivity index (χ2v) is 10.7. The fraction of sp³-hybridized carbons (Fsp3) is 0.680. The van der Waals surface area contributed by atoms with Crippen molar-refractivity contribution < 1.29 is 41.4 Å². The molecule has 3 heterocycles. The molecule has 1 saturated heterocycles. The Bertz CT molecular complexity index is 991. The summed E-state index contributed by atoms with van der Waals surface area (Å²) in [7, 11) is 0. The van der Waals surface area contributed by atoms with Crippen molar-refractivity contribution in [1.29, 1.82) is 0 Å². The summed E-state index contributed by atoms with van der Waals surface area (Å²) in [6, 6.07) is -0.150. The van der Waals surface area contributed by atoms with Crippen molar-refractivity contribution in [2.75, 3.05) is 13.2 Å². The van der Waals surface area contributed by atoms with Crippen LogP contribution in [0.25, 0.3) is 0 Å². The topological polar surface area (TPSA) is 77.1 Å². The van der Waals surface area contributed by atoms with Crippen LogP contribution >= 0.6 is 0 Å². The van der Waals surface area contributed by atoms with Crippen molar-refractivity contribution in [3.8, 4) is 5.75 Å². The van der Waals surface area contributed by atoms with E-state index in [4.69, 9.17) is 14.2 Å². The van der Waals surface area contributed by atoms with E-state index in [0.29, 0.717) is 44.6 Å². The molecule has 7 nitrogen and oxygen atoms in total. The van der Waals surface area contributed by atoms with E-state index in [1.807, 2.05) is 0 Å². The zero-order valence-corrected chi connectivity index (χ0v) is 20.6. The van der Waals surface area contributed by atoms with Crippen molar-refractivity contribution in [2.45, 2.75) is 95.1 Å². The molecule has 1 aliphatic carbocycles. The van der Waals surface area contributed by atoms with Gasteiger partial charge in [-0.1, -0.05) is 0 Å². The summed E-state index contributed by atoms with van der Waals surface area (Å²) in [4.78, 5) is 26.5. The van der Waals surface area contributed by atoms with Gasteiger partial charge in [0.05, 0.1) is 24.8 Å². The van der Waals surface area contributed by atoms with Gasteiger partial charge < -0.3 is 24.4 Å². The molecule has 11 heteroatoms. The Morgan fingerprint density at radius 3 is 2.50 bits per heavy atom. The number of piperidine rings is 1. The highest BCUT2D eigenvalue weighted by molar-refractivity contribution is 5.83. The van der Waals surface area contributed by atoms with Gasteiger partial charge in [-0.3, -0.25) is 4.79 Å². The van der Waals surface area contributed by atoms with Crippen LogP contribution in [0, 0.1) is 11.6 Å². The summed E-state index contributed by atoms with van der Waals surface area (Å²) in [5, 5.41) is 2.70. The predicted octanol–water partition coefficient (Wildman–Crippen LogP) is 4.88. The molecule has 1 N–H and O–H groups in total. The average molecular weight is 517 g/mol. The van der Waals surface area contributed by atoms with Gasteiger partial charge in [0.25, 0.3) is 0 Å². The number of alkyl halides is 2. The van der Waals surface area contributed by atoms with E-state index in [2.05, 4.69) is 5.32 Å². The van der Waals surface area contributed by atoms with Crippen molar-refractivity contribution in [1.82, 2.24) is 10.2 Å². The summed E-state index contributed by atoms with van der Waals surface area (Å²) in [6.07, 6.45) is -2.61. The van der Waals surface area contributed by atoms with Gasteiger partial charge in [-0.05, 0) is 71.3 Å². The van der Waals surface area contributed by atoms with E-state index in [0.717, 1.165) is 11.0 Å². The highest BCUT2D eigenvalue weighted by Crippen LogP contribution is 2.42. The van der Waals surface area contributed by atoms with E-state index in [1.54, 1.807) is 20.8 Å². The maximum Gasteiger partial charge on any atom is 0.482 e. The first-order chi connectivity index (χ1) is 16.8. The molecule has 2 bridgehead atoms. The van der Waals surface area contributed by atoms with Crippen LogP contribution in [0.1, 0.15) is 70.8 Å². The van der Waals surface area contributed by atoms with Gasteiger partial charge in [-0.2, -0.15) is 8.78 Å². The molecule has 200 valence electrons. The molecule has 1 aromatic rings. The molecule has 2 atom stereocenters. The van der Waals surface area contributed by atoms with Gasteiger partial charge in [0.2, 0.25) is 0 Å². The quantitative estimate of drug-likeness (QED) is 0.539. The lowest BCUT2D eigenvalue weighted by Gasteiger charge is -2.42. The Hall–Kier alpha value is -2.56. The van der Waals surface area contributed by atoms with Gasteiger partial charge in [-0.15, -0.1) is 0 Å². The van der Waals surface area contributed by atoms with Crippen LogP contribution in [0.5, 0.6) is 5.75 Å². The lowest BCUT2D eigenvalue weighted by Crippen LogP contribution is -2.62. The number of fused-ring (bicyclic) bond motifs is 5. The number of carbonyl (C=O) groups is 2. The minimum Gasteiger partial charge on any atom is -0.444 e. The van der Waals surface area contributed by atoms with Crippen molar-refractivity contribution in [3.63, 3.8) is 0 Å². The lowest BCUT2D eigenvalue weighted by molar-refractivity contribution is -0.209. The van der Waals surface area contributed by atoms with Crippen LogP contribution < -0.4 is 10.1 Å². The van der Waals surface area contributed by atoms with E-state index in [1.165, 1.54) is 0 Å². The van der Waals surface area contributed by atoms with Crippen LogP contribution in [0.15, 0.2) is 12.1 Å². The predicted molar refractivity (Wildman–Crippen MR) is 121 cm³/mol. The zero-order valence-electron chi connectivity index (χ0n) is 20.6.